The number of rotatable bonds is 6. The van der Waals surface area contributed by atoms with Crippen molar-refractivity contribution in [1.82, 2.24) is 25.1 Å². The Labute approximate surface area is 120 Å². The predicted octanol–water partition coefficient (Wildman–Crippen LogP) is 2.04. The zero-order valence-electron chi connectivity index (χ0n) is 12.8. The minimum Gasteiger partial charge on any atom is -0.316 e. The van der Waals surface area contributed by atoms with Gasteiger partial charge in [-0.05, 0) is 51.4 Å². The average Bonchev–Trinajstić information content (AvgIpc) is 2.83. The molecular formula is C15H23N5. The lowest BCUT2D eigenvalue weighted by Gasteiger charge is -2.10. The molecule has 0 amide bonds. The van der Waals surface area contributed by atoms with Crippen LogP contribution in [0.4, 0.5) is 0 Å². The van der Waals surface area contributed by atoms with Crippen molar-refractivity contribution in [2.75, 3.05) is 13.1 Å². The quantitative estimate of drug-likeness (QED) is 0.818. The van der Waals surface area contributed by atoms with E-state index in [4.69, 9.17) is 0 Å². The second-order valence-electron chi connectivity index (χ2n) is 5.07. The summed E-state index contributed by atoms with van der Waals surface area (Å²) in [6.45, 7) is 8.31. The molecule has 0 fully saturated rings. The minimum atomic E-state index is 0.714. The molecule has 0 atom stereocenters. The van der Waals surface area contributed by atoms with Crippen LogP contribution in [0, 0.1) is 13.8 Å². The molecule has 0 saturated heterocycles. The Bertz CT molecular complexity index is 550. The highest BCUT2D eigenvalue weighted by Gasteiger charge is 2.11. The van der Waals surface area contributed by atoms with Crippen molar-refractivity contribution >= 4 is 0 Å². The standard InChI is InChI=1S/C15H23N5/c1-5-8-16-9-6-13-11(2)17-15(18-12(13)3)14-7-10-20(4)19-14/h7,10,16H,5-6,8-9H2,1-4H3. The maximum Gasteiger partial charge on any atom is 0.180 e. The van der Waals surface area contributed by atoms with E-state index < -0.39 is 0 Å². The van der Waals surface area contributed by atoms with Gasteiger partial charge >= 0.3 is 0 Å². The van der Waals surface area contributed by atoms with Gasteiger partial charge in [0.25, 0.3) is 0 Å². The second kappa shape index (κ2) is 6.61. The molecule has 0 aliphatic heterocycles. The number of nitrogens with zero attached hydrogens (tertiary/aromatic N) is 4. The maximum atomic E-state index is 4.60. The normalized spacial score (nSPS) is 11.0. The molecular weight excluding hydrogens is 250 g/mol. The van der Waals surface area contributed by atoms with Gasteiger partial charge in [-0.2, -0.15) is 5.10 Å². The van der Waals surface area contributed by atoms with Crippen LogP contribution in [0.25, 0.3) is 11.5 Å². The number of hydrogen-bond acceptors (Lipinski definition) is 4. The first-order valence-corrected chi connectivity index (χ1v) is 7.16. The van der Waals surface area contributed by atoms with Gasteiger partial charge in [0, 0.05) is 24.6 Å². The third kappa shape index (κ3) is 3.42. The van der Waals surface area contributed by atoms with Crippen LogP contribution in [0.2, 0.25) is 0 Å². The van der Waals surface area contributed by atoms with E-state index >= 15 is 0 Å². The second-order valence-corrected chi connectivity index (χ2v) is 5.07. The summed E-state index contributed by atoms with van der Waals surface area (Å²) >= 11 is 0. The lowest BCUT2D eigenvalue weighted by Crippen LogP contribution is -2.19. The van der Waals surface area contributed by atoms with Crippen LogP contribution in [0.5, 0.6) is 0 Å². The van der Waals surface area contributed by atoms with Crippen LogP contribution < -0.4 is 5.32 Å². The van der Waals surface area contributed by atoms with E-state index in [0.29, 0.717) is 5.82 Å². The van der Waals surface area contributed by atoms with Crippen LogP contribution in [0.15, 0.2) is 12.3 Å². The predicted molar refractivity (Wildman–Crippen MR) is 80.6 cm³/mol. The summed E-state index contributed by atoms with van der Waals surface area (Å²) in [5.74, 6) is 0.714. The first-order valence-electron chi connectivity index (χ1n) is 7.16. The molecule has 5 nitrogen and oxygen atoms in total. The molecule has 5 heteroatoms. The van der Waals surface area contributed by atoms with E-state index in [1.807, 2.05) is 19.3 Å². The van der Waals surface area contributed by atoms with Crippen molar-refractivity contribution in [3.05, 3.63) is 29.2 Å². The summed E-state index contributed by atoms with van der Waals surface area (Å²) in [6, 6.07) is 1.94. The Kier molecular flexibility index (Phi) is 4.84. The summed E-state index contributed by atoms with van der Waals surface area (Å²) in [6.07, 6.45) is 4.04. The first kappa shape index (κ1) is 14.7. The summed E-state index contributed by atoms with van der Waals surface area (Å²) in [7, 11) is 1.90. The molecule has 0 spiro atoms. The fourth-order valence-corrected chi connectivity index (χ4v) is 2.27. The lowest BCUT2D eigenvalue weighted by atomic mass is 10.1. The first-order chi connectivity index (χ1) is 9.61. The van der Waals surface area contributed by atoms with Gasteiger partial charge in [-0.1, -0.05) is 6.92 Å². The number of aromatic nitrogens is 4. The molecule has 20 heavy (non-hydrogen) atoms. The van der Waals surface area contributed by atoms with Crippen LogP contribution >= 0.6 is 0 Å². The SMILES string of the molecule is CCCNCCc1c(C)nc(-c2ccn(C)n2)nc1C. The van der Waals surface area contributed by atoms with Crippen LogP contribution in [-0.4, -0.2) is 32.8 Å². The van der Waals surface area contributed by atoms with Crippen molar-refractivity contribution in [2.45, 2.75) is 33.6 Å². The molecule has 0 unspecified atom stereocenters. The van der Waals surface area contributed by atoms with Gasteiger partial charge in [-0.25, -0.2) is 9.97 Å². The highest BCUT2D eigenvalue weighted by atomic mass is 15.3. The molecule has 108 valence electrons. The lowest BCUT2D eigenvalue weighted by molar-refractivity contribution is 0.666. The Balaban J connectivity index is 2.16. The maximum absolute atomic E-state index is 4.60. The van der Waals surface area contributed by atoms with E-state index in [1.165, 1.54) is 5.56 Å². The third-order valence-corrected chi connectivity index (χ3v) is 3.34. The molecule has 2 aromatic heterocycles. The Morgan fingerprint density at radius 2 is 1.85 bits per heavy atom. The highest BCUT2D eigenvalue weighted by Crippen LogP contribution is 2.17. The molecule has 0 radical (unpaired) electrons. The van der Waals surface area contributed by atoms with E-state index in [2.05, 4.69) is 41.2 Å². The fraction of sp³-hybridized carbons (Fsp3) is 0.533. The van der Waals surface area contributed by atoms with E-state index in [-0.39, 0.29) is 0 Å². The smallest absolute Gasteiger partial charge is 0.180 e. The largest absolute Gasteiger partial charge is 0.316 e. The van der Waals surface area contributed by atoms with Gasteiger partial charge < -0.3 is 5.32 Å². The molecule has 2 rings (SSSR count). The Morgan fingerprint density at radius 3 is 2.40 bits per heavy atom. The number of aryl methyl sites for hydroxylation is 3. The van der Waals surface area contributed by atoms with Gasteiger partial charge in [0.15, 0.2) is 5.82 Å². The van der Waals surface area contributed by atoms with Crippen LogP contribution in [0.1, 0.15) is 30.3 Å². The van der Waals surface area contributed by atoms with Crippen molar-refractivity contribution in [3.63, 3.8) is 0 Å². The number of hydrogen-bond donors (Lipinski definition) is 1. The average molecular weight is 273 g/mol. The van der Waals surface area contributed by atoms with Gasteiger partial charge in [0.2, 0.25) is 0 Å². The highest BCUT2D eigenvalue weighted by molar-refractivity contribution is 5.49. The molecule has 0 aromatic carbocycles. The molecule has 1 N–H and O–H groups in total. The monoisotopic (exact) mass is 273 g/mol. The van der Waals surface area contributed by atoms with Crippen molar-refractivity contribution in [1.29, 1.82) is 0 Å². The molecule has 0 saturated carbocycles. The Morgan fingerprint density at radius 1 is 1.15 bits per heavy atom. The Hall–Kier alpha value is -1.75. The van der Waals surface area contributed by atoms with E-state index in [0.717, 1.165) is 43.0 Å². The molecule has 0 bridgehead atoms. The number of nitrogens with one attached hydrogen (secondary N) is 1. The summed E-state index contributed by atoms with van der Waals surface area (Å²) < 4.78 is 1.77. The van der Waals surface area contributed by atoms with Crippen molar-refractivity contribution < 1.29 is 0 Å². The molecule has 0 aliphatic carbocycles. The van der Waals surface area contributed by atoms with Gasteiger partial charge in [0.05, 0.1) is 0 Å². The zero-order valence-corrected chi connectivity index (χ0v) is 12.8. The van der Waals surface area contributed by atoms with E-state index in [1.54, 1.807) is 4.68 Å². The van der Waals surface area contributed by atoms with Crippen LogP contribution in [-0.2, 0) is 13.5 Å². The van der Waals surface area contributed by atoms with Gasteiger partial charge in [-0.3, -0.25) is 4.68 Å². The fourth-order valence-electron chi connectivity index (χ4n) is 2.27. The van der Waals surface area contributed by atoms with E-state index in [9.17, 15) is 0 Å². The third-order valence-electron chi connectivity index (χ3n) is 3.34. The van der Waals surface area contributed by atoms with Crippen molar-refractivity contribution in [3.8, 4) is 11.5 Å². The van der Waals surface area contributed by atoms with Crippen LogP contribution in [0.3, 0.4) is 0 Å². The van der Waals surface area contributed by atoms with Gasteiger partial charge in [0.1, 0.15) is 5.69 Å². The van der Waals surface area contributed by atoms with Gasteiger partial charge in [-0.15, -0.1) is 0 Å². The topological polar surface area (TPSA) is 55.6 Å². The molecule has 2 heterocycles. The minimum absolute atomic E-state index is 0.714. The summed E-state index contributed by atoms with van der Waals surface area (Å²) in [5.41, 5.74) is 4.18. The zero-order chi connectivity index (χ0) is 14.5. The molecule has 0 aliphatic rings. The summed E-state index contributed by atoms with van der Waals surface area (Å²) in [4.78, 5) is 9.20. The van der Waals surface area contributed by atoms with Crippen molar-refractivity contribution in [2.24, 2.45) is 7.05 Å². The molecule has 2 aromatic rings. The summed E-state index contributed by atoms with van der Waals surface area (Å²) in [5, 5.41) is 7.78.